The standard InChI is InChI=1S/C14H17ClN4/c15-11-6-10(7-12(16)8-11)14-18-17-9-19(14)13-4-2-1-3-5-13/h6-9,13H,1-5,16H2. The smallest absolute Gasteiger partial charge is 0.164 e. The number of halogens is 1. The fourth-order valence-electron chi connectivity index (χ4n) is 2.82. The Balaban J connectivity index is 1.98. The first-order valence-electron chi connectivity index (χ1n) is 6.70. The Morgan fingerprint density at radius 2 is 1.95 bits per heavy atom. The van der Waals surface area contributed by atoms with Crippen molar-refractivity contribution in [2.24, 2.45) is 0 Å². The summed E-state index contributed by atoms with van der Waals surface area (Å²) in [7, 11) is 0. The number of hydrogen-bond donors (Lipinski definition) is 1. The van der Waals surface area contributed by atoms with Crippen LogP contribution in [0.2, 0.25) is 5.02 Å². The second-order valence-corrected chi connectivity index (χ2v) is 5.56. The largest absolute Gasteiger partial charge is 0.399 e. The molecule has 0 bridgehead atoms. The molecule has 1 fully saturated rings. The van der Waals surface area contributed by atoms with Crippen LogP contribution < -0.4 is 5.73 Å². The summed E-state index contributed by atoms with van der Waals surface area (Å²) in [6, 6.07) is 6.03. The number of aromatic nitrogens is 3. The molecule has 0 unspecified atom stereocenters. The average molecular weight is 277 g/mol. The normalized spacial score (nSPS) is 16.7. The van der Waals surface area contributed by atoms with Crippen LogP contribution in [0.5, 0.6) is 0 Å². The zero-order valence-corrected chi connectivity index (χ0v) is 11.5. The maximum Gasteiger partial charge on any atom is 0.164 e. The van der Waals surface area contributed by atoms with E-state index in [0.717, 1.165) is 11.4 Å². The number of hydrogen-bond acceptors (Lipinski definition) is 3. The van der Waals surface area contributed by atoms with Crippen molar-refractivity contribution < 1.29 is 0 Å². The van der Waals surface area contributed by atoms with Gasteiger partial charge in [0.1, 0.15) is 6.33 Å². The molecule has 0 amide bonds. The molecule has 0 aliphatic heterocycles. The third-order valence-electron chi connectivity index (χ3n) is 3.72. The van der Waals surface area contributed by atoms with E-state index in [0.29, 0.717) is 16.8 Å². The average Bonchev–Trinajstić information content (AvgIpc) is 2.88. The van der Waals surface area contributed by atoms with Gasteiger partial charge in [0, 0.05) is 22.3 Å². The summed E-state index contributed by atoms with van der Waals surface area (Å²) >= 11 is 6.07. The Bertz CT molecular complexity index is 552. The fourth-order valence-corrected chi connectivity index (χ4v) is 3.06. The van der Waals surface area contributed by atoms with Gasteiger partial charge in [-0.25, -0.2) is 0 Å². The molecule has 1 saturated carbocycles. The minimum absolute atomic E-state index is 0.499. The summed E-state index contributed by atoms with van der Waals surface area (Å²) in [6.45, 7) is 0. The predicted molar refractivity (Wildman–Crippen MR) is 77.0 cm³/mol. The minimum Gasteiger partial charge on any atom is -0.399 e. The van der Waals surface area contributed by atoms with Crippen LogP contribution in [0, 0.1) is 0 Å². The van der Waals surface area contributed by atoms with Crippen molar-refractivity contribution in [3.8, 4) is 11.4 Å². The third-order valence-corrected chi connectivity index (χ3v) is 3.94. The van der Waals surface area contributed by atoms with Crippen LogP contribution in [-0.2, 0) is 0 Å². The van der Waals surface area contributed by atoms with Gasteiger partial charge in [-0.15, -0.1) is 10.2 Å². The zero-order chi connectivity index (χ0) is 13.2. The Hall–Kier alpha value is -1.55. The monoisotopic (exact) mass is 276 g/mol. The van der Waals surface area contributed by atoms with Gasteiger partial charge >= 0.3 is 0 Å². The molecular formula is C14H17ClN4. The van der Waals surface area contributed by atoms with Crippen molar-refractivity contribution in [3.05, 3.63) is 29.5 Å². The highest BCUT2D eigenvalue weighted by atomic mass is 35.5. The van der Waals surface area contributed by atoms with Gasteiger partial charge in [0.15, 0.2) is 5.82 Å². The quantitative estimate of drug-likeness (QED) is 0.851. The maximum atomic E-state index is 6.07. The number of nitrogens with two attached hydrogens (primary N) is 1. The Kier molecular flexibility index (Phi) is 3.42. The van der Waals surface area contributed by atoms with E-state index in [1.807, 2.05) is 18.5 Å². The van der Waals surface area contributed by atoms with Crippen molar-refractivity contribution in [2.75, 3.05) is 5.73 Å². The maximum absolute atomic E-state index is 6.07. The molecule has 4 nitrogen and oxygen atoms in total. The second kappa shape index (κ2) is 5.21. The van der Waals surface area contributed by atoms with E-state index in [4.69, 9.17) is 17.3 Å². The van der Waals surface area contributed by atoms with E-state index in [1.54, 1.807) is 6.07 Å². The first kappa shape index (κ1) is 12.5. The van der Waals surface area contributed by atoms with Gasteiger partial charge in [-0.1, -0.05) is 30.9 Å². The van der Waals surface area contributed by atoms with Gasteiger partial charge in [-0.2, -0.15) is 0 Å². The minimum atomic E-state index is 0.499. The molecule has 1 aliphatic rings. The highest BCUT2D eigenvalue weighted by Crippen LogP contribution is 2.32. The molecule has 100 valence electrons. The molecule has 1 aromatic carbocycles. The molecule has 0 saturated heterocycles. The van der Waals surface area contributed by atoms with Crippen LogP contribution in [0.1, 0.15) is 38.1 Å². The van der Waals surface area contributed by atoms with E-state index in [1.165, 1.54) is 32.1 Å². The fraction of sp³-hybridized carbons (Fsp3) is 0.429. The highest BCUT2D eigenvalue weighted by molar-refractivity contribution is 6.31. The van der Waals surface area contributed by atoms with E-state index in [-0.39, 0.29) is 0 Å². The van der Waals surface area contributed by atoms with Crippen LogP contribution >= 0.6 is 11.6 Å². The molecule has 0 radical (unpaired) electrons. The van der Waals surface area contributed by atoms with Crippen LogP contribution in [0.4, 0.5) is 5.69 Å². The van der Waals surface area contributed by atoms with Crippen LogP contribution in [-0.4, -0.2) is 14.8 Å². The lowest BCUT2D eigenvalue weighted by Gasteiger charge is -2.24. The molecule has 0 atom stereocenters. The van der Waals surface area contributed by atoms with Gasteiger partial charge in [0.25, 0.3) is 0 Å². The van der Waals surface area contributed by atoms with Crippen molar-refractivity contribution in [3.63, 3.8) is 0 Å². The summed E-state index contributed by atoms with van der Waals surface area (Å²) in [4.78, 5) is 0. The summed E-state index contributed by atoms with van der Waals surface area (Å²) in [6.07, 6.45) is 8.10. The molecule has 1 aromatic heterocycles. The van der Waals surface area contributed by atoms with Gasteiger partial charge in [-0.05, 0) is 31.0 Å². The van der Waals surface area contributed by atoms with E-state index >= 15 is 0 Å². The lowest BCUT2D eigenvalue weighted by molar-refractivity contribution is 0.355. The van der Waals surface area contributed by atoms with Crippen molar-refractivity contribution >= 4 is 17.3 Å². The summed E-state index contributed by atoms with van der Waals surface area (Å²) in [5, 5.41) is 8.94. The first-order valence-corrected chi connectivity index (χ1v) is 7.08. The molecule has 0 spiro atoms. The summed E-state index contributed by atoms with van der Waals surface area (Å²) in [5.74, 6) is 0.862. The van der Waals surface area contributed by atoms with Crippen LogP contribution in [0.25, 0.3) is 11.4 Å². The molecule has 3 rings (SSSR count). The number of nitrogen functional groups attached to an aromatic ring is 1. The van der Waals surface area contributed by atoms with Crippen molar-refractivity contribution in [1.29, 1.82) is 0 Å². The Morgan fingerprint density at radius 3 is 2.68 bits per heavy atom. The van der Waals surface area contributed by atoms with Crippen molar-refractivity contribution in [2.45, 2.75) is 38.1 Å². The molecule has 1 aliphatic carbocycles. The molecule has 1 heterocycles. The number of nitrogens with zero attached hydrogens (tertiary/aromatic N) is 3. The highest BCUT2D eigenvalue weighted by Gasteiger charge is 2.19. The van der Waals surface area contributed by atoms with Gasteiger partial charge in [-0.3, -0.25) is 0 Å². The lowest BCUT2D eigenvalue weighted by Crippen LogP contribution is -2.13. The van der Waals surface area contributed by atoms with E-state index in [9.17, 15) is 0 Å². The van der Waals surface area contributed by atoms with Crippen LogP contribution in [0.3, 0.4) is 0 Å². The molecular weight excluding hydrogens is 260 g/mol. The van der Waals surface area contributed by atoms with Gasteiger partial charge < -0.3 is 10.3 Å². The van der Waals surface area contributed by atoms with Gasteiger partial charge in [0.2, 0.25) is 0 Å². The Labute approximate surface area is 117 Å². The molecule has 2 N–H and O–H groups in total. The number of rotatable bonds is 2. The second-order valence-electron chi connectivity index (χ2n) is 5.13. The third kappa shape index (κ3) is 2.59. The van der Waals surface area contributed by atoms with Crippen LogP contribution in [0.15, 0.2) is 24.5 Å². The number of anilines is 1. The summed E-state index contributed by atoms with van der Waals surface area (Å²) < 4.78 is 2.17. The van der Waals surface area contributed by atoms with Crippen molar-refractivity contribution in [1.82, 2.24) is 14.8 Å². The molecule has 5 heteroatoms. The number of benzene rings is 1. The summed E-state index contributed by atoms with van der Waals surface area (Å²) in [5.41, 5.74) is 7.44. The predicted octanol–water partition coefficient (Wildman–Crippen LogP) is 3.69. The zero-order valence-electron chi connectivity index (χ0n) is 10.7. The van der Waals surface area contributed by atoms with E-state index in [2.05, 4.69) is 14.8 Å². The first-order chi connectivity index (χ1) is 9.24. The lowest BCUT2D eigenvalue weighted by atomic mass is 9.95. The SMILES string of the molecule is Nc1cc(Cl)cc(-c2nncn2C2CCCCC2)c1. The Morgan fingerprint density at radius 1 is 1.16 bits per heavy atom. The molecule has 19 heavy (non-hydrogen) atoms. The topological polar surface area (TPSA) is 56.7 Å². The van der Waals surface area contributed by atoms with E-state index < -0.39 is 0 Å². The van der Waals surface area contributed by atoms with Gasteiger partial charge in [0.05, 0.1) is 0 Å². The molecule has 2 aromatic rings.